The minimum Gasteiger partial charge on any atom is -0.285 e. The number of hydrogen-bond donors (Lipinski definition) is 0. The molecular weight excluding hydrogens is 184 g/mol. The highest BCUT2D eigenvalue weighted by molar-refractivity contribution is 5.92. The predicted octanol–water partition coefficient (Wildman–Crippen LogP) is 3.11. The van der Waals surface area contributed by atoms with Crippen molar-refractivity contribution < 1.29 is 8.78 Å². The summed E-state index contributed by atoms with van der Waals surface area (Å²) in [6, 6.07) is 3.77. The second-order valence-corrected chi connectivity index (χ2v) is 2.86. The third-order valence-electron chi connectivity index (χ3n) is 1.84. The molecule has 1 rings (SSSR count). The maximum atomic E-state index is 13.1. The molecule has 0 bridgehead atoms. The van der Waals surface area contributed by atoms with Gasteiger partial charge in [-0.1, -0.05) is 12.6 Å². The summed E-state index contributed by atoms with van der Waals surface area (Å²) < 4.78 is 26.1. The first kappa shape index (κ1) is 10.6. The van der Waals surface area contributed by atoms with Crippen molar-refractivity contribution in [2.75, 3.05) is 0 Å². The zero-order valence-electron chi connectivity index (χ0n) is 7.93. The molecule has 0 aliphatic rings. The van der Waals surface area contributed by atoms with Crippen LogP contribution < -0.4 is 0 Å². The van der Waals surface area contributed by atoms with Crippen LogP contribution in [0.25, 0.3) is 0 Å². The van der Waals surface area contributed by atoms with Crippen LogP contribution in [0.3, 0.4) is 0 Å². The van der Waals surface area contributed by atoms with Crippen molar-refractivity contribution >= 4 is 5.71 Å². The van der Waals surface area contributed by atoms with Crippen LogP contribution in [0.1, 0.15) is 12.5 Å². The molecule has 0 heterocycles. The summed E-state index contributed by atoms with van der Waals surface area (Å²) in [6.07, 6.45) is 1.54. The van der Waals surface area contributed by atoms with E-state index in [2.05, 4.69) is 11.6 Å². The van der Waals surface area contributed by atoms with Gasteiger partial charge in [0.1, 0.15) is 11.6 Å². The quantitative estimate of drug-likeness (QED) is 0.657. The van der Waals surface area contributed by atoms with E-state index in [1.807, 2.05) is 0 Å². The summed E-state index contributed by atoms with van der Waals surface area (Å²) in [6.45, 7) is 5.24. The van der Waals surface area contributed by atoms with E-state index < -0.39 is 11.6 Å². The molecule has 1 aromatic carbocycles. The van der Waals surface area contributed by atoms with Gasteiger partial charge in [0.25, 0.3) is 0 Å². The lowest BCUT2D eigenvalue weighted by Crippen LogP contribution is -1.95. The van der Waals surface area contributed by atoms with Crippen LogP contribution in [0.15, 0.2) is 35.8 Å². The molecular formula is C11H11F2N. The average molecular weight is 195 g/mol. The topological polar surface area (TPSA) is 12.4 Å². The SMILES string of the molecule is C=CC(C)=NCc1c(F)cccc1F. The molecule has 0 amide bonds. The van der Waals surface area contributed by atoms with Crippen molar-refractivity contribution in [1.29, 1.82) is 0 Å². The maximum absolute atomic E-state index is 13.1. The van der Waals surface area contributed by atoms with Crippen LogP contribution in [-0.2, 0) is 6.54 Å². The number of aliphatic imine (C=N–C) groups is 1. The smallest absolute Gasteiger partial charge is 0.131 e. The van der Waals surface area contributed by atoms with E-state index >= 15 is 0 Å². The van der Waals surface area contributed by atoms with Gasteiger partial charge in [-0.15, -0.1) is 0 Å². The van der Waals surface area contributed by atoms with Gasteiger partial charge in [0.15, 0.2) is 0 Å². The van der Waals surface area contributed by atoms with Crippen molar-refractivity contribution in [3.8, 4) is 0 Å². The van der Waals surface area contributed by atoms with Gasteiger partial charge in [-0.05, 0) is 25.1 Å². The fourth-order valence-electron chi connectivity index (χ4n) is 0.952. The van der Waals surface area contributed by atoms with E-state index in [0.29, 0.717) is 5.71 Å². The lowest BCUT2D eigenvalue weighted by atomic mass is 10.2. The van der Waals surface area contributed by atoms with Crippen LogP contribution in [0.4, 0.5) is 8.78 Å². The van der Waals surface area contributed by atoms with E-state index in [0.717, 1.165) is 0 Å². The summed E-state index contributed by atoms with van der Waals surface area (Å²) in [4.78, 5) is 3.95. The third-order valence-corrected chi connectivity index (χ3v) is 1.84. The second-order valence-electron chi connectivity index (χ2n) is 2.86. The van der Waals surface area contributed by atoms with Crippen LogP contribution in [0.5, 0.6) is 0 Å². The van der Waals surface area contributed by atoms with Gasteiger partial charge < -0.3 is 0 Å². The molecule has 3 heteroatoms. The van der Waals surface area contributed by atoms with Gasteiger partial charge in [0, 0.05) is 11.3 Å². The molecule has 0 fully saturated rings. The molecule has 0 atom stereocenters. The maximum Gasteiger partial charge on any atom is 0.131 e. The van der Waals surface area contributed by atoms with E-state index in [1.54, 1.807) is 13.0 Å². The predicted molar refractivity (Wildman–Crippen MR) is 53.4 cm³/mol. The fourth-order valence-corrected chi connectivity index (χ4v) is 0.952. The summed E-state index contributed by atoms with van der Waals surface area (Å²) in [5.41, 5.74) is 0.654. The molecule has 14 heavy (non-hydrogen) atoms. The Morgan fingerprint density at radius 3 is 2.50 bits per heavy atom. The van der Waals surface area contributed by atoms with Crippen LogP contribution in [0, 0.1) is 11.6 Å². The van der Waals surface area contributed by atoms with Crippen molar-refractivity contribution in [2.24, 2.45) is 4.99 Å². The summed E-state index contributed by atoms with van der Waals surface area (Å²) in [7, 11) is 0. The summed E-state index contributed by atoms with van der Waals surface area (Å²) in [5, 5.41) is 0. The Kier molecular flexibility index (Phi) is 3.51. The molecule has 0 saturated carbocycles. The molecule has 0 aromatic heterocycles. The Labute approximate surface area is 81.8 Å². The van der Waals surface area contributed by atoms with E-state index in [-0.39, 0.29) is 12.1 Å². The Morgan fingerprint density at radius 2 is 2.00 bits per heavy atom. The molecule has 0 aliphatic carbocycles. The zero-order valence-corrected chi connectivity index (χ0v) is 7.93. The van der Waals surface area contributed by atoms with E-state index in [1.165, 1.54) is 18.2 Å². The van der Waals surface area contributed by atoms with Gasteiger partial charge >= 0.3 is 0 Å². The van der Waals surface area contributed by atoms with Gasteiger partial charge in [0.2, 0.25) is 0 Å². The third kappa shape index (κ3) is 2.49. The van der Waals surface area contributed by atoms with Crippen LogP contribution >= 0.6 is 0 Å². The number of allylic oxidation sites excluding steroid dienone is 1. The van der Waals surface area contributed by atoms with Crippen molar-refractivity contribution in [1.82, 2.24) is 0 Å². The molecule has 1 aromatic rings. The highest BCUT2D eigenvalue weighted by atomic mass is 19.1. The molecule has 0 saturated heterocycles. The first-order valence-electron chi connectivity index (χ1n) is 4.21. The van der Waals surface area contributed by atoms with Crippen molar-refractivity contribution in [2.45, 2.75) is 13.5 Å². The number of benzene rings is 1. The van der Waals surface area contributed by atoms with E-state index in [9.17, 15) is 8.78 Å². The number of halogens is 2. The zero-order chi connectivity index (χ0) is 10.6. The molecule has 0 aliphatic heterocycles. The molecule has 74 valence electrons. The highest BCUT2D eigenvalue weighted by Crippen LogP contribution is 2.12. The van der Waals surface area contributed by atoms with Gasteiger partial charge in [-0.2, -0.15) is 0 Å². The lowest BCUT2D eigenvalue weighted by molar-refractivity contribution is 0.557. The number of rotatable bonds is 3. The molecule has 1 nitrogen and oxygen atoms in total. The lowest BCUT2D eigenvalue weighted by Gasteiger charge is -2.01. The Hall–Kier alpha value is -1.51. The van der Waals surface area contributed by atoms with Gasteiger partial charge in [-0.3, -0.25) is 4.99 Å². The van der Waals surface area contributed by atoms with Gasteiger partial charge in [0.05, 0.1) is 6.54 Å². The molecule has 0 unspecified atom stereocenters. The molecule has 0 spiro atoms. The standard InChI is InChI=1S/C11H11F2N/c1-3-8(2)14-7-9-10(12)5-4-6-11(9)13/h3-6H,1,7H2,2H3. The Morgan fingerprint density at radius 1 is 1.43 bits per heavy atom. The summed E-state index contributed by atoms with van der Waals surface area (Å²) in [5.74, 6) is -1.13. The molecule has 0 radical (unpaired) electrons. The largest absolute Gasteiger partial charge is 0.285 e. The minimum atomic E-state index is -0.564. The first-order chi connectivity index (χ1) is 6.65. The Balaban J connectivity index is 2.91. The Bertz CT molecular complexity index is 349. The number of hydrogen-bond acceptors (Lipinski definition) is 1. The van der Waals surface area contributed by atoms with Crippen LogP contribution in [-0.4, -0.2) is 5.71 Å². The monoisotopic (exact) mass is 195 g/mol. The fraction of sp³-hybridized carbons (Fsp3) is 0.182. The highest BCUT2D eigenvalue weighted by Gasteiger charge is 2.06. The van der Waals surface area contributed by atoms with Crippen molar-refractivity contribution in [3.05, 3.63) is 48.1 Å². The second kappa shape index (κ2) is 4.65. The normalized spacial score (nSPS) is 11.5. The first-order valence-corrected chi connectivity index (χ1v) is 4.21. The van der Waals surface area contributed by atoms with Crippen LogP contribution in [0.2, 0.25) is 0 Å². The number of nitrogens with zero attached hydrogens (tertiary/aromatic N) is 1. The van der Waals surface area contributed by atoms with Gasteiger partial charge in [-0.25, -0.2) is 8.78 Å². The summed E-state index contributed by atoms with van der Waals surface area (Å²) >= 11 is 0. The van der Waals surface area contributed by atoms with E-state index in [4.69, 9.17) is 0 Å². The minimum absolute atomic E-state index is 0.00583. The van der Waals surface area contributed by atoms with Crippen molar-refractivity contribution in [3.63, 3.8) is 0 Å². The molecule has 0 N–H and O–H groups in total. The average Bonchev–Trinajstić information content (AvgIpc) is 2.16.